The largest absolute Gasteiger partial charge is 0.296 e. The quantitative estimate of drug-likeness (QED) is 0.505. The van der Waals surface area contributed by atoms with Crippen LogP contribution in [0.2, 0.25) is 0 Å². The van der Waals surface area contributed by atoms with E-state index in [4.69, 9.17) is 0 Å². The van der Waals surface area contributed by atoms with E-state index in [0.29, 0.717) is 0 Å². The van der Waals surface area contributed by atoms with E-state index in [-0.39, 0.29) is 0 Å². The summed E-state index contributed by atoms with van der Waals surface area (Å²) in [6.07, 6.45) is 1.13. The van der Waals surface area contributed by atoms with Gasteiger partial charge in [-0.2, -0.15) is 0 Å². The maximum absolute atomic E-state index is 3.90. The molecule has 1 aliphatic heterocycles. The fraction of sp³-hybridized carbons (Fsp3) is 0.714. The Hall–Kier alpha value is -0.740. The van der Waals surface area contributed by atoms with Gasteiger partial charge in [-0.25, -0.2) is 10.9 Å². The summed E-state index contributed by atoms with van der Waals surface area (Å²) in [5.41, 5.74) is 6.43. The monoisotopic (exact) mass is 156 g/mol. The number of nitrogens with one attached hydrogen (secondary N) is 2. The van der Waals surface area contributed by atoms with E-state index in [2.05, 4.69) is 17.4 Å². The van der Waals surface area contributed by atoms with Gasteiger partial charge in [0.15, 0.2) is 0 Å². The predicted octanol–water partition coefficient (Wildman–Crippen LogP) is -0.266. The van der Waals surface area contributed by atoms with Crippen LogP contribution in [0.5, 0.6) is 0 Å². The number of nitrogens with zero attached hydrogens (tertiary/aromatic N) is 2. The van der Waals surface area contributed by atoms with Gasteiger partial charge in [0, 0.05) is 27.2 Å². The standard InChI is InChI=1S/C7H16N4/c1-7-10(2)8-5-4-6-9-11(7)3/h8-9H,1,4-6H2,2-3H3. The third-order valence-electron chi connectivity index (χ3n) is 1.83. The van der Waals surface area contributed by atoms with Crippen molar-refractivity contribution in [2.45, 2.75) is 6.42 Å². The maximum atomic E-state index is 3.90. The lowest BCUT2D eigenvalue weighted by Crippen LogP contribution is -2.48. The summed E-state index contributed by atoms with van der Waals surface area (Å²) in [7, 11) is 3.93. The summed E-state index contributed by atoms with van der Waals surface area (Å²) in [6, 6.07) is 0. The van der Waals surface area contributed by atoms with Crippen LogP contribution in [0.1, 0.15) is 6.42 Å². The highest BCUT2D eigenvalue weighted by molar-refractivity contribution is 4.87. The molecule has 64 valence electrons. The molecule has 0 aliphatic carbocycles. The van der Waals surface area contributed by atoms with Gasteiger partial charge in [-0.15, -0.1) is 0 Å². The molecule has 0 aromatic heterocycles. The highest BCUT2D eigenvalue weighted by Gasteiger charge is 2.08. The molecule has 0 atom stereocenters. The smallest absolute Gasteiger partial charge is 0.125 e. The second-order valence-corrected chi connectivity index (χ2v) is 2.70. The minimum Gasteiger partial charge on any atom is -0.296 e. The summed E-state index contributed by atoms with van der Waals surface area (Å²) in [5.74, 6) is 0.935. The van der Waals surface area contributed by atoms with Crippen molar-refractivity contribution >= 4 is 0 Å². The second-order valence-electron chi connectivity index (χ2n) is 2.70. The minimum absolute atomic E-state index is 0.935. The molecule has 1 heterocycles. The van der Waals surface area contributed by atoms with Crippen molar-refractivity contribution in [3.63, 3.8) is 0 Å². The van der Waals surface area contributed by atoms with E-state index in [1.165, 1.54) is 0 Å². The zero-order valence-electron chi connectivity index (χ0n) is 7.22. The van der Waals surface area contributed by atoms with Crippen LogP contribution >= 0.6 is 0 Å². The van der Waals surface area contributed by atoms with Crippen molar-refractivity contribution in [3.05, 3.63) is 12.4 Å². The molecular formula is C7H16N4. The lowest BCUT2D eigenvalue weighted by Gasteiger charge is -2.32. The average molecular weight is 156 g/mol. The third kappa shape index (κ3) is 2.10. The molecule has 0 amide bonds. The van der Waals surface area contributed by atoms with Crippen LogP contribution in [0.15, 0.2) is 12.4 Å². The van der Waals surface area contributed by atoms with Crippen LogP contribution in [0, 0.1) is 0 Å². The molecule has 0 saturated carbocycles. The fourth-order valence-corrected chi connectivity index (χ4v) is 0.989. The molecule has 1 fully saturated rings. The van der Waals surface area contributed by atoms with Crippen molar-refractivity contribution in [2.24, 2.45) is 0 Å². The van der Waals surface area contributed by atoms with Crippen molar-refractivity contribution in [2.75, 3.05) is 27.2 Å². The highest BCUT2D eigenvalue weighted by atomic mass is 15.6. The molecule has 11 heavy (non-hydrogen) atoms. The van der Waals surface area contributed by atoms with Crippen LogP contribution in [-0.2, 0) is 0 Å². The first-order valence-electron chi connectivity index (χ1n) is 3.85. The number of rotatable bonds is 0. The molecule has 0 radical (unpaired) electrons. The molecule has 0 bridgehead atoms. The Kier molecular flexibility index (Phi) is 2.73. The zero-order chi connectivity index (χ0) is 8.27. The Morgan fingerprint density at radius 1 is 1.18 bits per heavy atom. The van der Waals surface area contributed by atoms with E-state index < -0.39 is 0 Å². The Labute approximate surface area is 67.8 Å². The Morgan fingerprint density at radius 2 is 1.64 bits per heavy atom. The molecule has 2 N–H and O–H groups in total. The second kappa shape index (κ2) is 3.59. The van der Waals surface area contributed by atoms with Gasteiger partial charge in [-0.3, -0.25) is 10.0 Å². The van der Waals surface area contributed by atoms with E-state index >= 15 is 0 Å². The summed E-state index contributed by atoms with van der Waals surface area (Å²) >= 11 is 0. The fourth-order valence-electron chi connectivity index (χ4n) is 0.989. The van der Waals surface area contributed by atoms with Gasteiger partial charge < -0.3 is 0 Å². The highest BCUT2D eigenvalue weighted by Crippen LogP contribution is 1.99. The average Bonchev–Trinajstić information content (AvgIpc) is 2.00. The van der Waals surface area contributed by atoms with Gasteiger partial charge in [0.05, 0.1) is 0 Å². The first kappa shape index (κ1) is 8.36. The Balaban J connectivity index is 2.49. The number of hydrogen-bond donors (Lipinski definition) is 2. The van der Waals surface area contributed by atoms with Gasteiger partial charge in [0.1, 0.15) is 5.82 Å². The molecule has 1 rings (SSSR count). The van der Waals surface area contributed by atoms with Gasteiger partial charge in [-0.05, 0) is 6.42 Å². The zero-order valence-corrected chi connectivity index (χ0v) is 7.22. The Morgan fingerprint density at radius 3 is 2.09 bits per heavy atom. The molecule has 4 nitrogen and oxygen atoms in total. The van der Waals surface area contributed by atoms with Crippen LogP contribution in [0.25, 0.3) is 0 Å². The number of hydrogen-bond acceptors (Lipinski definition) is 4. The SMILES string of the molecule is C=C1N(C)NCCCNN1C. The molecule has 1 aliphatic rings. The summed E-state index contributed by atoms with van der Waals surface area (Å²) in [5, 5.41) is 3.85. The van der Waals surface area contributed by atoms with E-state index in [1.807, 2.05) is 24.1 Å². The van der Waals surface area contributed by atoms with Crippen LogP contribution in [0.4, 0.5) is 0 Å². The lowest BCUT2D eigenvalue weighted by atomic mass is 10.4. The van der Waals surface area contributed by atoms with Gasteiger partial charge in [0.25, 0.3) is 0 Å². The Bertz CT molecular complexity index is 131. The normalized spacial score (nSPS) is 21.5. The van der Waals surface area contributed by atoms with Gasteiger partial charge in [0.2, 0.25) is 0 Å². The van der Waals surface area contributed by atoms with Gasteiger partial charge in [-0.1, -0.05) is 6.58 Å². The molecule has 0 aromatic rings. The van der Waals surface area contributed by atoms with Gasteiger partial charge >= 0.3 is 0 Å². The molecule has 0 unspecified atom stereocenters. The molecule has 0 aromatic carbocycles. The number of hydrazine groups is 2. The molecule has 4 heteroatoms. The topological polar surface area (TPSA) is 30.5 Å². The lowest BCUT2D eigenvalue weighted by molar-refractivity contribution is 0.148. The van der Waals surface area contributed by atoms with Crippen LogP contribution in [0.3, 0.4) is 0 Å². The van der Waals surface area contributed by atoms with Crippen molar-refractivity contribution in [1.29, 1.82) is 0 Å². The van der Waals surface area contributed by atoms with Crippen LogP contribution in [-0.4, -0.2) is 37.2 Å². The summed E-state index contributed by atoms with van der Waals surface area (Å²) in [4.78, 5) is 0. The van der Waals surface area contributed by atoms with Crippen molar-refractivity contribution < 1.29 is 0 Å². The van der Waals surface area contributed by atoms with E-state index in [9.17, 15) is 0 Å². The minimum atomic E-state index is 0.935. The summed E-state index contributed by atoms with van der Waals surface area (Å²) < 4.78 is 0. The van der Waals surface area contributed by atoms with Crippen molar-refractivity contribution in [1.82, 2.24) is 20.9 Å². The maximum Gasteiger partial charge on any atom is 0.125 e. The molecular weight excluding hydrogens is 140 g/mol. The first-order chi connectivity index (χ1) is 5.22. The van der Waals surface area contributed by atoms with E-state index in [0.717, 1.165) is 25.3 Å². The molecule has 1 saturated heterocycles. The molecule has 0 spiro atoms. The van der Waals surface area contributed by atoms with E-state index in [1.54, 1.807) is 0 Å². The first-order valence-corrected chi connectivity index (χ1v) is 3.85. The van der Waals surface area contributed by atoms with Crippen molar-refractivity contribution in [3.8, 4) is 0 Å². The third-order valence-corrected chi connectivity index (χ3v) is 1.83. The van der Waals surface area contributed by atoms with Crippen LogP contribution < -0.4 is 10.9 Å². The summed E-state index contributed by atoms with van der Waals surface area (Å²) in [6.45, 7) is 5.90. The predicted molar refractivity (Wildman–Crippen MR) is 45.3 cm³/mol.